The zero-order valence-electron chi connectivity index (χ0n) is 12.5. The third-order valence-electron chi connectivity index (χ3n) is 4.50. The van der Waals surface area contributed by atoms with E-state index in [0.29, 0.717) is 0 Å². The highest BCUT2D eigenvalue weighted by molar-refractivity contribution is 9.10. The maximum absolute atomic E-state index is 12.9. The summed E-state index contributed by atoms with van der Waals surface area (Å²) < 4.78 is 0.976. The Balaban J connectivity index is 1.77. The van der Waals surface area contributed by atoms with Crippen LogP contribution in [0.5, 0.6) is 0 Å². The Morgan fingerprint density at radius 3 is 2.36 bits per heavy atom. The summed E-state index contributed by atoms with van der Waals surface area (Å²) in [5.74, 6) is 1.21. The molecule has 0 radical (unpaired) electrons. The molecule has 6 heteroatoms. The number of thioether (sulfide) groups is 1. The topological polar surface area (TPSA) is 40.6 Å². The lowest BCUT2D eigenvalue weighted by atomic mass is 10.0. The molecule has 0 N–H and O–H groups in total. The number of hydrogen-bond acceptors (Lipinski definition) is 3. The van der Waals surface area contributed by atoms with Gasteiger partial charge >= 0.3 is 0 Å². The maximum Gasteiger partial charge on any atom is 0.254 e. The number of likely N-dealkylation sites (tertiary alicyclic amines) is 1. The fourth-order valence-corrected chi connectivity index (χ4v) is 4.95. The molecule has 0 atom stereocenters. The van der Waals surface area contributed by atoms with E-state index in [1.54, 1.807) is 6.92 Å². The second-order valence-electron chi connectivity index (χ2n) is 5.76. The number of benzene rings is 1. The van der Waals surface area contributed by atoms with E-state index in [1.807, 2.05) is 45.8 Å². The number of nitrogens with zero attached hydrogens (tertiary/aromatic N) is 2. The van der Waals surface area contributed by atoms with Crippen LogP contribution in [0.1, 0.15) is 30.1 Å². The standard InChI is InChI=1S/C16H19BrN2O2S/c1-12(20)18-8-6-16(7-9-18)19(10-11-22-16)15(21)13-2-4-14(17)5-3-13/h2-5H,6-11H2,1H3. The van der Waals surface area contributed by atoms with Crippen molar-refractivity contribution in [2.24, 2.45) is 0 Å². The molecule has 0 aromatic heterocycles. The molecule has 0 unspecified atom stereocenters. The summed E-state index contributed by atoms with van der Waals surface area (Å²) in [7, 11) is 0. The van der Waals surface area contributed by atoms with E-state index in [-0.39, 0.29) is 16.7 Å². The van der Waals surface area contributed by atoms with Crippen molar-refractivity contribution in [1.82, 2.24) is 9.80 Å². The minimum Gasteiger partial charge on any atom is -0.343 e. The van der Waals surface area contributed by atoms with Gasteiger partial charge < -0.3 is 9.80 Å². The first-order valence-corrected chi connectivity index (χ1v) is 9.27. The molecule has 2 heterocycles. The predicted molar refractivity (Wildman–Crippen MR) is 91.9 cm³/mol. The van der Waals surface area contributed by atoms with Crippen molar-refractivity contribution in [2.45, 2.75) is 24.6 Å². The van der Waals surface area contributed by atoms with Crippen LogP contribution < -0.4 is 0 Å². The van der Waals surface area contributed by atoms with Crippen LogP contribution in [0.15, 0.2) is 28.7 Å². The van der Waals surface area contributed by atoms with Gasteiger partial charge in [-0.3, -0.25) is 9.59 Å². The summed E-state index contributed by atoms with van der Waals surface area (Å²) >= 11 is 5.27. The van der Waals surface area contributed by atoms with Crippen LogP contribution in [0.25, 0.3) is 0 Å². The van der Waals surface area contributed by atoms with Crippen LogP contribution in [0.2, 0.25) is 0 Å². The van der Waals surface area contributed by atoms with Gasteiger partial charge in [-0.15, -0.1) is 11.8 Å². The lowest BCUT2D eigenvalue weighted by Crippen LogP contribution is -2.53. The second-order valence-corrected chi connectivity index (χ2v) is 8.14. The van der Waals surface area contributed by atoms with E-state index in [4.69, 9.17) is 0 Å². The number of halogens is 1. The van der Waals surface area contributed by atoms with E-state index in [9.17, 15) is 9.59 Å². The van der Waals surface area contributed by atoms with Crippen LogP contribution in [0, 0.1) is 0 Å². The first kappa shape index (κ1) is 15.9. The number of carbonyl (C=O) groups is 2. The van der Waals surface area contributed by atoms with Crippen molar-refractivity contribution in [1.29, 1.82) is 0 Å². The second kappa shape index (κ2) is 6.24. The Morgan fingerprint density at radius 1 is 1.14 bits per heavy atom. The number of carbonyl (C=O) groups excluding carboxylic acids is 2. The first-order valence-electron chi connectivity index (χ1n) is 7.49. The Labute approximate surface area is 143 Å². The number of amides is 2. The molecule has 2 aliphatic rings. The number of rotatable bonds is 1. The highest BCUT2D eigenvalue weighted by atomic mass is 79.9. The molecule has 2 saturated heterocycles. The minimum atomic E-state index is -0.129. The molecule has 4 nitrogen and oxygen atoms in total. The SMILES string of the molecule is CC(=O)N1CCC2(CC1)SCCN2C(=O)c1ccc(Br)cc1. The molecule has 0 bridgehead atoms. The number of hydrogen-bond donors (Lipinski definition) is 0. The van der Waals surface area contributed by atoms with Crippen molar-refractivity contribution in [2.75, 3.05) is 25.4 Å². The summed E-state index contributed by atoms with van der Waals surface area (Å²) in [5.41, 5.74) is 0.735. The Kier molecular flexibility index (Phi) is 4.50. The van der Waals surface area contributed by atoms with E-state index in [2.05, 4.69) is 15.9 Å². The molecule has 0 saturated carbocycles. The van der Waals surface area contributed by atoms with Gasteiger partial charge in [0, 0.05) is 42.3 Å². The average Bonchev–Trinajstić information content (AvgIpc) is 2.91. The molecule has 3 rings (SSSR count). The molecule has 2 amide bonds. The van der Waals surface area contributed by atoms with Gasteiger partial charge in [0.1, 0.15) is 0 Å². The van der Waals surface area contributed by atoms with Crippen molar-refractivity contribution < 1.29 is 9.59 Å². The smallest absolute Gasteiger partial charge is 0.254 e. The van der Waals surface area contributed by atoms with Gasteiger partial charge in [-0.2, -0.15) is 0 Å². The van der Waals surface area contributed by atoms with Crippen LogP contribution >= 0.6 is 27.7 Å². The number of piperidine rings is 1. The largest absolute Gasteiger partial charge is 0.343 e. The Morgan fingerprint density at radius 2 is 1.77 bits per heavy atom. The summed E-state index contributed by atoms with van der Waals surface area (Å²) in [5, 5.41) is 0. The van der Waals surface area contributed by atoms with Crippen LogP contribution in [0.3, 0.4) is 0 Å². The van der Waals surface area contributed by atoms with Crippen LogP contribution in [0.4, 0.5) is 0 Å². The van der Waals surface area contributed by atoms with Gasteiger partial charge in [-0.1, -0.05) is 15.9 Å². The lowest BCUT2D eigenvalue weighted by molar-refractivity contribution is -0.130. The van der Waals surface area contributed by atoms with Gasteiger partial charge in [0.05, 0.1) is 4.87 Å². The van der Waals surface area contributed by atoms with Gasteiger partial charge in [0.15, 0.2) is 0 Å². The van der Waals surface area contributed by atoms with E-state index in [0.717, 1.165) is 48.3 Å². The molecule has 1 spiro atoms. The molecule has 1 aromatic rings. The van der Waals surface area contributed by atoms with E-state index in [1.165, 1.54) is 0 Å². The average molecular weight is 383 g/mol. The zero-order valence-corrected chi connectivity index (χ0v) is 15.0. The third-order valence-corrected chi connectivity index (χ3v) is 6.59. The normalized spacial score (nSPS) is 20.5. The quantitative estimate of drug-likeness (QED) is 0.749. The molecule has 2 fully saturated rings. The zero-order chi connectivity index (χ0) is 15.7. The van der Waals surface area contributed by atoms with Crippen molar-refractivity contribution in [3.63, 3.8) is 0 Å². The summed E-state index contributed by atoms with van der Waals surface area (Å²) in [6.07, 6.45) is 1.72. The molecule has 1 aromatic carbocycles. The predicted octanol–water partition coefficient (Wildman–Crippen LogP) is 2.98. The summed E-state index contributed by atoms with van der Waals surface area (Å²) in [6, 6.07) is 7.55. The first-order chi connectivity index (χ1) is 10.5. The molecule has 2 aliphatic heterocycles. The Bertz CT molecular complexity index is 582. The third kappa shape index (κ3) is 2.91. The van der Waals surface area contributed by atoms with Crippen molar-refractivity contribution in [3.05, 3.63) is 34.3 Å². The minimum absolute atomic E-state index is 0.105. The molecular weight excluding hydrogens is 364 g/mol. The van der Waals surface area contributed by atoms with E-state index >= 15 is 0 Å². The van der Waals surface area contributed by atoms with Gasteiger partial charge in [-0.25, -0.2) is 0 Å². The monoisotopic (exact) mass is 382 g/mol. The maximum atomic E-state index is 12.9. The van der Waals surface area contributed by atoms with Gasteiger partial charge in [0.2, 0.25) is 5.91 Å². The van der Waals surface area contributed by atoms with Crippen LogP contribution in [-0.4, -0.2) is 51.9 Å². The van der Waals surface area contributed by atoms with Gasteiger partial charge in [-0.05, 0) is 37.1 Å². The Hall–Kier alpha value is -1.01. The van der Waals surface area contributed by atoms with E-state index < -0.39 is 0 Å². The van der Waals surface area contributed by atoms with Crippen LogP contribution in [-0.2, 0) is 4.79 Å². The molecule has 22 heavy (non-hydrogen) atoms. The summed E-state index contributed by atoms with van der Waals surface area (Å²) in [6.45, 7) is 3.89. The summed E-state index contributed by atoms with van der Waals surface area (Å²) in [4.78, 5) is 28.1. The van der Waals surface area contributed by atoms with Crippen molar-refractivity contribution in [3.8, 4) is 0 Å². The highest BCUT2D eigenvalue weighted by Crippen LogP contribution is 2.44. The molecular formula is C16H19BrN2O2S. The fraction of sp³-hybridized carbons (Fsp3) is 0.500. The molecule has 0 aliphatic carbocycles. The van der Waals surface area contributed by atoms with Crippen molar-refractivity contribution >= 4 is 39.5 Å². The van der Waals surface area contributed by atoms with Gasteiger partial charge in [0.25, 0.3) is 5.91 Å². The highest BCUT2D eigenvalue weighted by Gasteiger charge is 2.46. The fourth-order valence-electron chi connectivity index (χ4n) is 3.23. The molecule has 118 valence electrons. The lowest BCUT2D eigenvalue weighted by Gasteiger charge is -2.44.